The van der Waals surface area contributed by atoms with Gasteiger partial charge in [0.2, 0.25) is 0 Å². The summed E-state index contributed by atoms with van der Waals surface area (Å²) >= 11 is 0. The van der Waals surface area contributed by atoms with Gasteiger partial charge in [0.05, 0.1) is 11.2 Å². The third-order valence-electron chi connectivity index (χ3n) is 6.12. The molecule has 2 aliphatic rings. The average Bonchev–Trinajstić information content (AvgIpc) is 3.35. The van der Waals surface area contributed by atoms with Crippen LogP contribution in [0.15, 0.2) is 16.9 Å². The number of hydrogen-bond donors (Lipinski definition) is 2. The molecule has 8 heteroatoms. The van der Waals surface area contributed by atoms with Crippen LogP contribution in [-0.4, -0.2) is 34.8 Å². The van der Waals surface area contributed by atoms with Crippen LogP contribution in [0.25, 0.3) is 10.9 Å². The van der Waals surface area contributed by atoms with E-state index in [9.17, 15) is 14.7 Å². The molecule has 4 rings (SSSR count). The maximum atomic E-state index is 15.2. The third-order valence-corrected chi connectivity index (χ3v) is 6.12. The fraction of sp³-hybridized carbons (Fsp3) is 0.524. The van der Waals surface area contributed by atoms with Crippen molar-refractivity contribution in [3.63, 3.8) is 0 Å². The lowest BCUT2D eigenvalue weighted by molar-refractivity contribution is 0.0694. The summed E-state index contributed by atoms with van der Waals surface area (Å²) in [6, 6.07) is 2.74. The van der Waals surface area contributed by atoms with Gasteiger partial charge in [0.25, 0.3) is 5.56 Å². The van der Waals surface area contributed by atoms with Crippen molar-refractivity contribution in [3.05, 3.63) is 39.4 Å². The number of halogens is 2. The number of pyridine rings is 1. The topological polar surface area (TPSA) is 88.6 Å². The Bertz CT molecular complexity index is 1020. The molecule has 0 bridgehead atoms. The molecular formula is C21H27ClFN3O3. The van der Waals surface area contributed by atoms with Crippen molar-refractivity contribution in [2.75, 3.05) is 18.0 Å². The van der Waals surface area contributed by atoms with Gasteiger partial charge in [-0.15, -0.1) is 12.4 Å². The lowest BCUT2D eigenvalue weighted by Crippen LogP contribution is -2.31. The number of aromatic carboxylic acids is 1. The Labute approximate surface area is 174 Å². The monoisotopic (exact) mass is 423 g/mol. The molecule has 0 amide bonds. The molecule has 1 aromatic carbocycles. The van der Waals surface area contributed by atoms with Gasteiger partial charge >= 0.3 is 5.97 Å². The molecule has 2 fully saturated rings. The van der Waals surface area contributed by atoms with Crippen LogP contribution in [-0.2, 0) is 6.42 Å². The van der Waals surface area contributed by atoms with E-state index in [4.69, 9.17) is 5.73 Å². The number of carboxylic acid groups (broad SMARTS) is 1. The van der Waals surface area contributed by atoms with Crippen molar-refractivity contribution in [2.24, 2.45) is 11.7 Å². The van der Waals surface area contributed by atoms with Crippen LogP contribution in [0.5, 0.6) is 0 Å². The summed E-state index contributed by atoms with van der Waals surface area (Å²) in [5.41, 5.74) is 7.25. The zero-order valence-electron chi connectivity index (χ0n) is 16.7. The smallest absolute Gasteiger partial charge is 0.341 e. The average molecular weight is 424 g/mol. The van der Waals surface area contributed by atoms with Crippen LogP contribution in [0.2, 0.25) is 0 Å². The van der Waals surface area contributed by atoms with Crippen molar-refractivity contribution in [3.8, 4) is 0 Å². The lowest BCUT2D eigenvalue weighted by Gasteiger charge is -2.26. The number of benzene rings is 1. The van der Waals surface area contributed by atoms with Gasteiger partial charge in [-0.3, -0.25) is 4.79 Å². The van der Waals surface area contributed by atoms with Crippen LogP contribution in [0.1, 0.15) is 55.1 Å². The first-order valence-corrected chi connectivity index (χ1v) is 9.97. The summed E-state index contributed by atoms with van der Waals surface area (Å²) in [6.07, 6.45) is 3.14. The molecule has 2 aromatic rings. The van der Waals surface area contributed by atoms with Crippen molar-refractivity contribution in [1.29, 1.82) is 0 Å². The predicted octanol–water partition coefficient (Wildman–Crippen LogP) is 3.33. The quantitative estimate of drug-likeness (QED) is 0.770. The molecule has 1 saturated heterocycles. The maximum Gasteiger partial charge on any atom is 0.341 e. The summed E-state index contributed by atoms with van der Waals surface area (Å²) in [4.78, 5) is 26.5. The second kappa shape index (κ2) is 7.95. The molecule has 3 N–H and O–H groups in total. The van der Waals surface area contributed by atoms with E-state index >= 15 is 4.39 Å². The van der Waals surface area contributed by atoms with Crippen molar-refractivity contribution >= 4 is 35.0 Å². The SMILES string of the molecule is CCc1c(N2CCC([C@H](C)N)C2)c(F)cc2cc(C(=O)O)c(=O)n(C3CC3)c12.Cl. The van der Waals surface area contributed by atoms with E-state index < -0.39 is 11.5 Å². The minimum Gasteiger partial charge on any atom is -0.477 e. The summed E-state index contributed by atoms with van der Waals surface area (Å²) in [5, 5.41) is 9.91. The molecule has 6 nitrogen and oxygen atoms in total. The second-order valence-corrected chi connectivity index (χ2v) is 8.10. The Morgan fingerprint density at radius 2 is 2.03 bits per heavy atom. The Kier molecular flexibility index (Phi) is 5.92. The van der Waals surface area contributed by atoms with E-state index in [0.717, 1.165) is 31.4 Å². The summed E-state index contributed by atoms with van der Waals surface area (Å²) in [7, 11) is 0. The van der Waals surface area contributed by atoms with Crippen LogP contribution in [0.4, 0.5) is 10.1 Å². The van der Waals surface area contributed by atoms with Gasteiger partial charge < -0.3 is 20.3 Å². The number of aromatic nitrogens is 1. The Hall–Kier alpha value is -2.12. The number of fused-ring (bicyclic) bond motifs is 1. The maximum absolute atomic E-state index is 15.2. The fourth-order valence-corrected chi connectivity index (χ4v) is 4.48. The highest BCUT2D eigenvalue weighted by atomic mass is 35.5. The van der Waals surface area contributed by atoms with Crippen molar-refractivity contribution in [2.45, 2.75) is 51.6 Å². The van der Waals surface area contributed by atoms with Gasteiger partial charge in [-0.1, -0.05) is 6.92 Å². The third kappa shape index (κ3) is 3.62. The number of carboxylic acids is 1. The number of aryl methyl sites for hydroxylation is 1. The van der Waals surface area contributed by atoms with Crippen LogP contribution < -0.4 is 16.2 Å². The number of hydrogen-bond acceptors (Lipinski definition) is 4. The first-order valence-electron chi connectivity index (χ1n) is 9.97. The number of carbonyl (C=O) groups is 1. The highest BCUT2D eigenvalue weighted by Crippen LogP contribution is 2.41. The molecule has 1 unspecified atom stereocenters. The first kappa shape index (κ1) is 21.6. The Morgan fingerprint density at radius 1 is 1.34 bits per heavy atom. The van der Waals surface area contributed by atoms with Crippen LogP contribution >= 0.6 is 12.4 Å². The zero-order valence-corrected chi connectivity index (χ0v) is 17.5. The van der Waals surface area contributed by atoms with E-state index in [0.29, 0.717) is 35.5 Å². The van der Waals surface area contributed by atoms with E-state index in [1.807, 2.05) is 18.7 Å². The lowest BCUT2D eigenvalue weighted by atomic mass is 10.0. The number of nitrogens with zero attached hydrogens (tertiary/aromatic N) is 2. The van der Waals surface area contributed by atoms with Gasteiger partial charge in [0, 0.05) is 36.1 Å². The minimum absolute atomic E-state index is 0. The Balaban J connectivity index is 0.00000240. The van der Waals surface area contributed by atoms with Crippen molar-refractivity contribution < 1.29 is 14.3 Å². The minimum atomic E-state index is -1.27. The van der Waals surface area contributed by atoms with Crippen molar-refractivity contribution in [1.82, 2.24) is 4.57 Å². The van der Waals surface area contributed by atoms with Gasteiger partial charge in [-0.2, -0.15) is 0 Å². The predicted molar refractivity (Wildman–Crippen MR) is 114 cm³/mol. The molecule has 1 aliphatic heterocycles. The molecule has 1 saturated carbocycles. The number of anilines is 1. The van der Waals surface area contributed by atoms with Crippen LogP contribution in [0.3, 0.4) is 0 Å². The normalized spacial score (nSPS) is 20.0. The molecule has 1 aliphatic carbocycles. The highest BCUT2D eigenvalue weighted by molar-refractivity contribution is 5.95. The second-order valence-electron chi connectivity index (χ2n) is 8.10. The van der Waals surface area contributed by atoms with Gasteiger partial charge in [-0.25, -0.2) is 9.18 Å². The van der Waals surface area contributed by atoms with E-state index in [2.05, 4.69) is 0 Å². The highest BCUT2D eigenvalue weighted by Gasteiger charge is 2.33. The summed E-state index contributed by atoms with van der Waals surface area (Å²) in [6.45, 7) is 5.34. The number of rotatable bonds is 5. The molecule has 0 radical (unpaired) electrons. The molecular weight excluding hydrogens is 397 g/mol. The molecule has 158 valence electrons. The largest absolute Gasteiger partial charge is 0.477 e. The van der Waals surface area contributed by atoms with Gasteiger partial charge in [0.1, 0.15) is 11.4 Å². The number of nitrogens with two attached hydrogens (primary N) is 1. The zero-order chi connectivity index (χ0) is 20.2. The molecule has 2 atom stereocenters. The fourth-order valence-electron chi connectivity index (χ4n) is 4.48. The molecule has 29 heavy (non-hydrogen) atoms. The van der Waals surface area contributed by atoms with E-state index in [-0.39, 0.29) is 35.9 Å². The summed E-state index contributed by atoms with van der Waals surface area (Å²) < 4.78 is 16.8. The molecule has 2 heterocycles. The van der Waals surface area contributed by atoms with E-state index in [1.54, 1.807) is 4.57 Å². The summed E-state index contributed by atoms with van der Waals surface area (Å²) in [5.74, 6) is -1.34. The van der Waals surface area contributed by atoms with Gasteiger partial charge in [-0.05, 0) is 50.7 Å². The van der Waals surface area contributed by atoms with E-state index in [1.165, 1.54) is 12.1 Å². The molecule has 0 spiro atoms. The first-order chi connectivity index (χ1) is 13.3. The standard InChI is InChI=1S/C21H26FN3O3.ClH/c1-3-15-18-13(8-16(21(27)28)20(26)25(18)14-4-5-14)9-17(22)19(15)24-7-6-12(10-24)11(2)23;/h8-9,11-12,14H,3-7,10,23H2,1-2H3,(H,27,28);1H/t11-,12?;/m0./s1. The Morgan fingerprint density at radius 3 is 2.55 bits per heavy atom. The van der Waals surface area contributed by atoms with Crippen LogP contribution in [0, 0.1) is 11.7 Å². The molecule has 1 aromatic heterocycles. The van der Waals surface area contributed by atoms with Gasteiger partial charge in [0.15, 0.2) is 0 Å².